The van der Waals surface area contributed by atoms with Gasteiger partial charge in [-0.3, -0.25) is 0 Å². The first-order chi connectivity index (χ1) is 18.0. The third kappa shape index (κ3) is 4.11. The summed E-state index contributed by atoms with van der Waals surface area (Å²) >= 11 is 0. The Morgan fingerprint density at radius 2 is 1.92 bits per heavy atom. The largest absolute Gasteiger partial charge is 0.475 e. The molecule has 0 amide bonds. The topological polar surface area (TPSA) is 138 Å². The van der Waals surface area contributed by atoms with Crippen LogP contribution in [0.5, 0.6) is 11.9 Å². The van der Waals surface area contributed by atoms with Gasteiger partial charge in [-0.2, -0.15) is 23.1 Å². The molecule has 1 unspecified atom stereocenters. The number of methoxy groups -OCH3 is 1. The molecular weight excluding hydrogens is 508 g/mol. The van der Waals surface area contributed by atoms with E-state index in [0.29, 0.717) is 11.4 Å². The van der Waals surface area contributed by atoms with Crippen LogP contribution in [-0.4, -0.2) is 45.2 Å². The van der Waals surface area contributed by atoms with Crippen molar-refractivity contribution < 1.29 is 27.0 Å². The van der Waals surface area contributed by atoms with E-state index in [1.807, 2.05) is 6.92 Å². The number of aromatic nitrogens is 5. The summed E-state index contributed by atoms with van der Waals surface area (Å²) in [6.45, 7) is 3.31. The zero-order valence-electron chi connectivity index (χ0n) is 20.5. The fourth-order valence-electron chi connectivity index (χ4n) is 4.60. The molecule has 0 saturated heterocycles. The molecule has 0 aromatic carbocycles. The number of aryl methyl sites for hydroxylation is 1. The van der Waals surface area contributed by atoms with Crippen molar-refractivity contribution in [1.29, 1.82) is 0 Å². The molecule has 1 aliphatic heterocycles. The van der Waals surface area contributed by atoms with Crippen LogP contribution < -0.4 is 25.8 Å². The number of nitrogens with two attached hydrogens (primary N) is 2. The fraction of sp³-hybridized carbons (Fsp3) is 0.292. The van der Waals surface area contributed by atoms with Crippen LogP contribution in [0.3, 0.4) is 0 Å². The third-order valence-electron chi connectivity index (χ3n) is 6.29. The third-order valence-corrected chi connectivity index (χ3v) is 6.29. The van der Waals surface area contributed by atoms with Crippen molar-refractivity contribution >= 4 is 28.4 Å². The first-order valence-corrected chi connectivity index (χ1v) is 11.4. The maximum Gasteiger partial charge on any atom is 0.418 e. The summed E-state index contributed by atoms with van der Waals surface area (Å²) in [6.07, 6.45) is -3.30. The number of anilines is 3. The Balaban J connectivity index is 1.80. The summed E-state index contributed by atoms with van der Waals surface area (Å²) in [5, 5.41) is 0.0752. The molecule has 0 radical (unpaired) electrons. The molecule has 0 aliphatic carbocycles. The number of ether oxygens (including phenoxy) is 2. The lowest BCUT2D eigenvalue weighted by molar-refractivity contribution is -0.137. The lowest BCUT2D eigenvalue weighted by atomic mass is 10.0. The second-order valence-corrected chi connectivity index (χ2v) is 8.59. The van der Waals surface area contributed by atoms with Gasteiger partial charge >= 0.3 is 12.2 Å². The van der Waals surface area contributed by atoms with E-state index >= 15 is 4.39 Å². The van der Waals surface area contributed by atoms with E-state index in [9.17, 15) is 13.2 Å². The highest BCUT2D eigenvalue weighted by atomic mass is 19.4. The Bertz CT molecular complexity index is 1560. The molecule has 0 bridgehead atoms. The van der Waals surface area contributed by atoms with Crippen LogP contribution in [0.2, 0.25) is 0 Å². The van der Waals surface area contributed by atoms with Crippen LogP contribution in [0, 0.1) is 12.7 Å². The zero-order chi connectivity index (χ0) is 27.4. The van der Waals surface area contributed by atoms with Crippen molar-refractivity contribution in [1.82, 2.24) is 24.9 Å². The van der Waals surface area contributed by atoms with Crippen molar-refractivity contribution in [3.05, 3.63) is 47.0 Å². The first-order valence-electron chi connectivity index (χ1n) is 11.4. The van der Waals surface area contributed by atoms with E-state index in [-0.39, 0.29) is 47.6 Å². The minimum atomic E-state index is -4.86. The number of hydrogen-bond donors (Lipinski definition) is 2. The van der Waals surface area contributed by atoms with Gasteiger partial charge in [0.15, 0.2) is 5.82 Å². The van der Waals surface area contributed by atoms with Gasteiger partial charge < -0.3 is 25.8 Å². The van der Waals surface area contributed by atoms with Crippen molar-refractivity contribution in [3.8, 4) is 23.1 Å². The fourth-order valence-corrected chi connectivity index (χ4v) is 4.60. The lowest BCUT2D eigenvalue weighted by Gasteiger charge is -2.30. The minimum Gasteiger partial charge on any atom is -0.475 e. The number of pyridine rings is 3. The van der Waals surface area contributed by atoms with Gasteiger partial charge in [0.2, 0.25) is 5.88 Å². The second kappa shape index (κ2) is 9.11. The molecule has 5 rings (SSSR count). The van der Waals surface area contributed by atoms with Gasteiger partial charge in [-0.15, -0.1) is 0 Å². The number of nitrogen functional groups attached to an aromatic ring is 2. The van der Waals surface area contributed by atoms with E-state index in [1.54, 1.807) is 23.2 Å². The van der Waals surface area contributed by atoms with Crippen LogP contribution in [0.15, 0.2) is 24.4 Å². The molecule has 0 fully saturated rings. The quantitative estimate of drug-likeness (QED) is 0.371. The predicted octanol–water partition coefficient (Wildman–Crippen LogP) is 4.08. The SMILES string of the molecule is COc1nc2c3c(nc(-c4cc(N)nc(C)c4C(F)(F)F)c(F)c3n1)OCCN2C(C)c1cccnc1N. The summed E-state index contributed by atoms with van der Waals surface area (Å²) in [7, 11) is 1.30. The highest BCUT2D eigenvalue weighted by Gasteiger charge is 2.39. The van der Waals surface area contributed by atoms with Gasteiger partial charge in [-0.1, -0.05) is 6.07 Å². The van der Waals surface area contributed by atoms with Crippen LogP contribution in [0.25, 0.3) is 22.2 Å². The van der Waals surface area contributed by atoms with Gasteiger partial charge in [0, 0.05) is 17.3 Å². The lowest BCUT2D eigenvalue weighted by Crippen LogP contribution is -2.31. The molecular formula is C24H22F4N8O2. The number of nitrogens with zero attached hydrogens (tertiary/aromatic N) is 6. The summed E-state index contributed by atoms with van der Waals surface area (Å²) in [5.41, 5.74) is 9.38. The molecule has 4 N–H and O–H groups in total. The molecule has 0 spiro atoms. The Morgan fingerprint density at radius 3 is 2.61 bits per heavy atom. The van der Waals surface area contributed by atoms with Crippen molar-refractivity contribution in [2.24, 2.45) is 0 Å². The Hall–Kier alpha value is -4.49. The van der Waals surface area contributed by atoms with Crippen molar-refractivity contribution in [2.75, 3.05) is 36.6 Å². The molecule has 10 nitrogen and oxygen atoms in total. The van der Waals surface area contributed by atoms with Gasteiger partial charge in [-0.25, -0.2) is 19.3 Å². The Labute approximate surface area is 213 Å². The average molecular weight is 530 g/mol. The maximum absolute atomic E-state index is 16.1. The van der Waals surface area contributed by atoms with E-state index < -0.39 is 40.6 Å². The van der Waals surface area contributed by atoms with Crippen LogP contribution in [-0.2, 0) is 6.18 Å². The van der Waals surface area contributed by atoms with Gasteiger partial charge in [-0.05, 0) is 26.0 Å². The summed E-state index contributed by atoms with van der Waals surface area (Å²) < 4.78 is 69.2. The summed E-state index contributed by atoms with van der Waals surface area (Å²) in [5.74, 6) is -0.972. The van der Waals surface area contributed by atoms with E-state index in [4.69, 9.17) is 20.9 Å². The Kier molecular flexibility index (Phi) is 6.04. The van der Waals surface area contributed by atoms with E-state index in [1.165, 1.54) is 7.11 Å². The van der Waals surface area contributed by atoms with Crippen LogP contribution in [0.1, 0.15) is 29.8 Å². The van der Waals surface area contributed by atoms with Gasteiger partial charge in [0.1, 0.15) is 40.7 Å². The number of halogens is 4. The average Bonchev–Trinajstić information content (AvgIpc) is 3.04. The van der Waals surface area contributed by atoms with Gasteiger partial charge in [0.05, 0.1) is 31.0 Å². The molecule has 38 heavy (non-hydrogen) atoms. The molecule has 4 aromatic rings. The van der Waals surface area contributed by atoms with Crippen LogP contribution >= 0.6 is 0 Å². The normalized spacial score (nSPS) is 14.2. The predicted molar refractivity (Wildman–Crippen MR) is 131 cm³/mol. The number of hydrogen-bond acceptors (Lipinski definition) is 10. The van der Waals surface area contributed by atoms with Crippen LogP contribution in [0.4, 0.5) is 35.0 Å². The molecule has 0 saturated carbocycles. The van der Waals surface area contributed by atoms with E-state index in [0.717, 1.165) is 13.0 Å². The molecule has 4 aromatic heterocycles. The second-order valence-electron chi connectivity index (χ2n) is 8.59. The molecule has 5 heterocycles. The summed E-state index contributed by atoms with van der Waals surface area (Å²) in [4.78, 5) is 22.4. The minimum absolute atomic E-state index is 0.0556. The molecule has 1 atom stereocenters. The monoisotopic (exact) mass is 530 g/mol. The summed E-state index contributed by atoms with van der Waals surface area (Å²) in [6, 6.07) is 3.86. The molecule has 198 valence electrons. The molecule has 14 heteroatoms. The Morgan fingerprint density at radius 1 is 1.16 bits per heavy atom. The number of rotatable bonds is 4. The van der Waals surface area contributed by atoms with E-state index in [2.05, 4.69) is 24.9 Å². The smallest absolute Gasteiger partial charge is 0.418 e. The highest BCUT2D eigenvalue weighted by Crippen LogP contribution is 2.45. The highest BCUT2D eigenvalue weighted by molar-refractivity contribution is 5.97. The standard InChI is InChI=1S/C24H22F4N8O2/c1-10-16(24(26,27)28)13(9-14(29)32-10)18-17(25)19-15-21(35-23(34-19)37-3)36(7-8-38-22(15)33-18)11(2)12-5-4-6-31-20(12)30/h4-6,9,11H,7-8H2,1-3H3,(H2,29,32)(H2,30,31). The van der Waals surface area contributed by atoms with Crippen molar-refractivity contribution in [2.45, 2.75) is 26.1 Å². The van der Waals surface area contributed by atoms with Gasteiger partial charge in [0.25, 0.3) is 0 Å². The molecule has 1 aliphatic rings. The number of alkyl halides is 3. The first kappa shape index (κ1) is 25.2. The van der Waals surface area contributed by atoms with Crippen molar-refractivity contribution in [3.63, 3.8) is 0 Å². The maximum atomic E-state index is 16.1. The zero-order valence-corrected chi connectivity index (χ0v) is 20.5.